The van der Waals surface area contributed by atoms with Gasteiger partial charge < -0.3 is 10.2 Å². The van der Waals surface area contributed by atoms with Crippen LogP contribution in [-0.4, -0.2) is 42.6 Å². The second kappa shape index (κ2) is 6.86. The lowest BCUT2D eigenvalue weighted by atomic mass is 9.93. The van der Waals surface area contributed by atoms with E-state index in [1.165, 1.54) is 31.6 Å². The SMILES string of the molecule is CC1CC(CN(C)CCc2ccccn2)CCN1. The molecule has 1 aliphatic rings. The minimum Gasteiger partial charge on any atom is -0.314 e. The fourth-order valence-corrected chi connectivity index (χ4v) is 2.78. The number of nitrogens with one attached hydrogen (secondary N) is 1. The topological polar surface area (TPSA) is 28.2 Å². The smallest absolute Gasteiger partial charge is 0.0416 e. The summed E-state index contributed by atoms with van der Waals surface area (Å²) >= 11 is 0. The monoisotopic (exact) mass is 247 g/mol. The van der Waals surface area contributed by atoms with Crippen LogP contribution in [0.4, 0.5) is 0 Å². The predicted molar refractivity (Wildman–Crippen MR) is 75.6 cm³/mol. The zero-order valence-electron chi connectivity index (χ0n) is 11.6. The van der Waals surface area contributed by atoms with E-state index in [9.17, 15) is 0 Å². The molecule has 1 saturated heterocycles. The molecule has 1 N–H and O–H groups in total. The molecule has 18 heavy (non-hydrogen) atoms. The molecule has 3 heteroatoms. The number of aromatic nitrogens is 1. The van der Waals surface area contributed by atoms with E-state index in [0.29, 0.717) is 6.04 Å². The molecule has 1 fully saturated rings. The van der Waals surface area contributed by atoms with Crippen LogP contribution in [0.15, 0.2) is 24.4 Å². The van der Waals surface area contributed by atoms with Crippen LogP contribution in [0.2, 0.25) is 0 Å². The van der Waals surface area contributed by atoms with Crippen LogP contribution >= 0.6 is 0 Å². The average Bonchev–Trinajstić information content (AvgIpc) is 2.38. The minimum absolute atomic E-state index is 0.688. The van der Waals surface area contributed by atoms with E-state index in [4.69, 9.17) is 0 Å². The molecule has 0 bridgehead atoms. The Morgan fingerprint density at radius 2 is 2.33 bits per heavy atom. The highest BCUT2D eigenvalue weighted by Crippen LogP contribution is 2.16. The number of rotatable bonds is 5. The van der Waals surface area contributed by atoms with Gasteiger partial charge in [0.25, 0.3) is 0 Å². The second-order valence-electron chi connectivity index (χ2n) is 5.58. The molecule has 1 aromatic heterocycles. The summed E-state index contributed by atoms with van der Waals surface area (Å²) in [4.78, 5) is 6.83. The van der Waals surface area contributed by atoms with Crippen molar-refractivity contribution in [1.82, 2.24) is 15.2 Å². The van der Waals surface area contributed by atoms with Crippen LogP contribution in [-0.2, 0) is 6.42 Å². The highest BCUT2D eigenvalue weighted by molar-refractivity contribution is 5.03. The van der Waals surface area contributed by atoms with E-state index in [0.717, 1.165) is 18.9 Å². The van der Waals surface area contributed by atoms with Crippen molar-refractivity contribution < 1.29 is 0 Å². The van der Waals surface area contributed by atoms with E-state index in [1.807, 2.05) is 12.3 Å². The maximum atomic E-state index is 4.37. The summed E-state index contributed by atoms with van der Waals surface area (Å²) in [6.45, 7) is 5.80. The van der Waals surface area contributed by atoms with E-state index in [2.05, 4.69) is 41.3 Å². The number of hydrogen-bond acceptors (Lipinski definition) is 3. The van der Waals surface area contributed by atoms with Gasteiger partial charge in [-0.25, -0.2) is 0 Å². The standard InChI is InChI=1S/C15H25N3/c1-13-11-14(6-9-16-13)12-18(2)10-7-15-5-3-4-8-17-15/h3-5,8,13-14,16H,6-7,9-12H2,1-2H3. The maximum absolute atomic E-state index is 4.37. The van der Waals surface area contributed by atoms with Gasteiger partial charge in [-0.15, -0.1) is 0 Å². The Bertz CT molecular complexity index is 339. The first-order valence-electron chi connectivity index (χ1n) is 7.06. The molecule has 2 atom stereocenters. The van der Waals surface area contributed by atoms with Crippen molar-refractivity contribution in [2.24, 2.45) is 5.92 Å². The molecule has 1 aliphatic heterocycles. The molecule has 0 aliphatic carbocycles. The Morgan fingerprint density at radius 1 is 1.44 bits per heavy atom. The molecule has 0 saturated carbocycles. The Kier molecular flexibility index (Phi) is 5.14. The van der Waals surface area contributed by atoms with Crippen LogP contribution in [0, 0.1) is 5.92 Å². The molecule has 1 aromatic rings. The number of likely N-dealkylation sites (N-methyl/N-ethyl adjacent to an activating group) is 1. The van der Waals surface area contributed by atoms with Gasteiger partial charge in [0.1, 0.15) is 0 Å². The first-order valence-corrected chi connectivity index (χ1v) is 7.06. The molecule has 2 rings (SSSR count). The Hall–Kier alpha value is -0.930. The summed E-state index contributed by atoms with van der Waals surface area (Å²) in [5, 5.41) is 3.51. The third-order valence-corrected chi connectivity index (χ3v) is 3.78. The summed E-state index contributed by atoms with van der Waals surface area (Å²) in [6.07, 6.45) is 5.56. The van der Waals surface area contributed by atoms with Crippen molar-refractivity contribution in [3.05, 3.63) is 30.1 Å². The Balaban J connectivity index is 1.70. The maximum Gasteiger partial charge on any atom is 0.0416 e. The van der Waals surface area contributed by atoms with Gasteiger partial charge in [-0.3, -0.25) is 4.98 Å². The number of nitrogens with zero attached hydrogens (tertiary/aromatic N) is 2. The first kappa shape index (κ1) is 13.5. The predicted octanol–water partition coefficient (Wildman–Crippen LogP) is 1.94. The quantitative estimate of drug-likeness (QED) is 0.862. The Labute approximate surface area is 111 Å². The van der Waals surface area contributed by atoms with Crippen molar-refractivity contribution in [2.45, 2.75) is 32.2 Å². The van der Waals surface area contributed by atoms with Gasteiger partial charge in [0.05, 0.1) is 0 Å². The fraction of sp³-hybridized carbons (Fsp3) is 0.667. The van der Waals surface area contributed by atoms with E-state index in [-0.39, 0.29) is 0 Å². The molecular weight excluding hydrogens is 222 g/mol. The number of hydrogen-bond donors (Lipinski definition) is 1. The molecule has 2 heterocycles. The summed E-state index contributed by atoms with van der Waals surface area (Å²) < 4.78 is 0. The lowest BCUT2D eigenvalue weighted by molar-refractivity contribution is 0.221. The van der Waals surface area contributed by atoms with Gasteiger partial charge in [-0.1, -0.05) is 6.07 Å². The van der Waals surface area contributed by atoms with Crippen molar-refractivity contribution in [3.8, 4) is 0 Å². The van der Waals surface area contributed by atoms with Gasteiger partial charge in [0.15, 0.2) is 0 Å². The van der Waals surface area contributed by atoms with Crippen LogP contribution in [0.1, 0.15) is 25.5 Å². The third-order valence-electron chi connectivity index (χ3n) is 3.78. The van der Waals surface area contributed by atoms with E-state index < -0.39 is 0 Å². The largest absolute Gasteiger partial charge is 0.314 e. The number of pyridine rings is 1. The molecule has 0 spiro atoms. The fourth-order valence-electron chi connectivity index (χ4n) is 2.78. The summed E-state index contributed by atoms with van der Waals surface area (Å²) in [5.41, 5.74) is 1.20. The van der Waals surface area contributed by atoms with E-state index >= 15 is 0 Å². The van der Waals surface area contributed by atoms with Crippen molar-refractivity contribution in [1.29, 1.82) is 0 Å². The zero-order chi connectivity index (χ0) is 12.8. The molecule has 0 aromatic carbocycles. The summed E-state index contributed by atoms with van der Waals surface area (Å²) in [6, 6.07) is 6.84. The molecule has 2 unspecified atom stereocenters. The Morgan fingerprint density at radius 3 is 3.06 bits per heavy atom. The highest BCUT2D eigenvalue weighted by Gasteiger charge is 2.19. The second-order valence-corrected chi connectivity index (χ2v) is 5.58. The van der Waals surface area contributed by atoms with Crippen LogP contribution in [0.5, 0.6) is 0 Å². The van der Waals surface area contributed by atoms with Gasteiger partial charge in [0.2, 0.25) is 0 Å². The van der Waals surface area contributed by atoms with Crippen LogP contribution < -0.4 is 5.32 Å². The molecule has 0 radical (unpaired) electrons. The normalized spacial score (nSPS) is 24.4. The average molecular weight is 247 g/mol. The molecular formula is C15H25N3. The number of piperidine rings is 1. The lowest BCUT2D eigenvalue weighted by Gasteiger charge is -2.31. The lowest BCUT2D eigenvalue weighted by Crippen LogP contribution is -2.40. The van der Waals surface area contributed by atoms with Gasteiger partial charge >= 0.3 is 0 Å². The van der Waals surface area contributed by atoms with Crippen LogP contribution in [0.3, 0.4) is 0 Å². The minimum atomic E-state index is 0.688. The van der Waals surface area contributed by atoms with Crippen LogP contribution in [0.25, 0.3) is 0 Å². The highest BCUT2D eigenvalue weighted by atomic mass is 15.1. The van der Waals surface area contributed by atoms with E-state index in [1.54, 1.807) is 0 Å². The van der Waals surface area contributed by atoms with Gasteiger partial charge in [-0.2, -0.15) is 0 Å². The third kappa shape index (κ3) is 4.39. The summed E-state index contributed by atoms with van der Waals surface area (Å²) in [7, 11) is 2.23. The molecule has 0 amide bonds. The van der Waals surface area contributed by atoms with Gasteiger partial charge in [0, 0.05) is 37.4 Å². The molecule has 3 nitrogen and oxygen atoms in total. The molecule has 100 valence electrons. The van der Waals surface area contributed by atoms with Gasteiger partial charge in [-0.05, 0) is 51.4 Å². The van der Waals surface area contributed by atoms with Crippen molar-refractivity contribution in [2.75, 3.05) is 26.7 Å². The summed E-state index contributed by atoms with van der Waals surface area (Å²) in [5.74, 6) is 0.856. The van der Waals surface area contributed by atoms with Crippen molar-refractivity contribution in [3.63, 3.8) is 0 Å². The zero-order valence-corrected chi connectivity index (χ0v) is 11.6. The van der Waals surface area contributed by atoms with Crippen molar-refractivity contribution >= 4 is 0 Å². The first-order chi connectivity index (χ1) is 8.74.